The van der Waals surface area contributed by atoms with Gasteiger partial charge in [0, 0.05) is 54.7 Å². The molecule has 7 nitrogen and oxygen atoms in total. The van der Waals surface area contributed by atoms with Gasteiger partial charge in [-0.3, -0.25) is 14.6 Å². The number of rotatable bonds is 15. The Labute approximate surface area is 201 Å². The molecule has 1 amide bonds. The maximum absolute atomic E-state index is 13.3. The third-order valence-electron chi connectivity index (χ3n) is 5.33. The predicted octanol–water partition coefficient (Wildman–Crippen LogP) is 5.36. The van der Waals surface area contributed by atoms with E-state index in [9.17, 15) is 9.59 Å². The van der Waals surface area contributed by atoms with Crippen molar-refractivity contribution in [2.75, 3.05) is 31.6 Å². The number of unbranched alkanes of at least 4 members (excludes halogenated alkanes) is 2. The van der Waals surface area contributed by atoms with E-state index >= 15 is 0 Å². The average molecular weight is 476 g/mol. The Bertz CT molecular complexity index is 879. The Kier molecular flexibility index (Phi) is 11.5. The molecule has 2 aromatic rings. The van der Waals surface area contributed by atoms with Gasteiger partial charge in [0.05, 0.1) is 0 Å². The number of carbonyl (C=O) groups excluding carboxylic acids is 1. The highest BCUT2D eigenvalue weighted by molar-refractivity contribution is 6.31. The quantitative estimate of drug-likeness (QED) is 0.337. The second-order valence-electron chi connectivity index (χ2n) is 8.16. The molecule has 2 rings (SSSR count). The van der Waals surface area contributed by atoms with E-state index in [1.807, 2.05) is 17.0 Å². The van der Waals surface area contributed by atoms with Crippen LogP contribution in [0.25, 0.3) is 0 Å². The van der Waals surface area contributed by atoms with Crippen molar-refractivity contribution in [3.05, 3.63) is 53.3 Å². The lowest BCUT2D eigenvalue weighted by Crippen LogP contribution is -2.35. The van der Waals surface area contributed by atoms with Gasteiger partial charge >= 0.3 is 5.97 Å². The highest BCUT2D eigenvalue weighted by atomic mass is 35.5. The summed E-state index contributed by atoms with van der Waals surface area (Å²) in [5, 5.41) is 12.5. The first-order valence-corrected chi connectivity index (χ1v) is 11.8. The number of ether oxygens (including phenoxy) is 1. The number of benzene rings is 1. The zero-order valence-electron chi connectivity index (χ0n) is 19.4. The first kappa shape index (κ1) is 26.5. The smallest absolute Gasteiger partial charge is 0.303 e. The molecular weight excluding hydrogens is 442 g/mol. The number of anilines is 1. The molecule has 0 aliphatic carbocycles. The molecule has 33 heavy (non-hydrogen) atoms. The van der Waals surface area contributed by atoms with E-state index in [-0.39, 0.29) is 12.3 Å². The average Bonchev–Trinajstić information content (AvgIpc) is 2.80. The number of amides is 1. The normalized spacial score (nSPS) is 11.6. The SMILES string of the molecule is CCC(C)CN(CCCCCC(=O)O)C(=O)c1cc(Cl)cc(OCCNc2ccncc2)c1. The predicted molar refractivity (Wildman–Crippen MR) is 131 cm³/mol. The molecule has 1 unspecified atom stereocenters. The van der Waals surface area contributed by atoms with Gasteiger partial charge in [-0.25, -0.2) is 0 Å². The maximum atomic E-state index is 13.3. The van der Waals surface area contributed by atoms with Crippen LogP contribution in [0.3, 0.4) is 0 Å². The van der Waals surface area contributed by atoms with Crippen molar-refractivity contribution in [3.63, 3.8) is 0 Å². The van der Waals surface area contributed by atoms with Crippen LogP contribution >= 0.6 is 11.6 Å². The first-order valence-electron chi connectivity index (χ1n) is 11.5. The monoisotopic (exact) mass is 475 g/mol. The second-order valence-corrected chi connectivity index (χ2v) is 8.59. The number of aliphatic carboxylic acids is 1. The van der Waals surface area contributed by atoms with Gasteiger partial charge in [-0.2, -0.15) is 0 Å². The highest BCUT2D eigenvalue weighted by Crippen LogP contribution is 2.23. The zero-order chi connectivity index (χ0) is 24.1. The number of nitrogens with zero attached hydrogens (tertiary/aromatic N) is 2. The summed E-state index contributed by atoms with van der Waals surface area (Å²) in [7, 11) is 0. The molecular formula is C25H34ClN3O4. The molecule has 0 aliphatic rings. The minimum absolute atomic E-state index is 0.0872. The van der Waals surface area contributed by atoms with Crippen molar-refractivity contribution in [2.45, 2.75) is 46.0 Å². The van der Waals surface area contributed by atoms with Gasteiger partial charge in [-0.15, -0.1) is 0 Å². The number of carbonyl (C=O) groups is 2. The topological polar surface area (TPSA) is 91.8 Å². The Hall–Kier alpha value is -2.80. The van der Waals surface area contributed by atoms with Crippen LogP contribution in [-0.4, -0.2) is 53.1 Å². The lowest BCUT2D eigenvalue weighted by molar-refractivity contribution is -0.137. The van der Waals surface area contributed by atoms with Crippen LogP contribution in [0.2, 0.25) is 5.02 Å². The number of carboxylic acids is 1. The lowest BCUT2D eigenvalue weighted by atomic mass is 10.1. The summed E-state index contributed by atoms with van der Waals surface area (Å²) in [5.41, 5.74) is 1.45. The van der Waals surface area contributed by atoms with Gasteiger partial charge in [-0.05, 0) is 49.1 Å². The molecule has 1 aromatic heterocycles. The Morgan fingerprint density at radius 1 is 1.18 bits per heavy atom. The van der Waals surface area contributed by atoms with Crippen molar-refractivity contribution in [1.82, 2.24) is 9.88 Å². The summed E-state index contributed by atoms with van der Waals surface area (Å²) in [6.07, 6.45) is 6.71. The Balaban J connectivity index is 1.97. The van der Waals surface area contributed by atoms with Crippen LogP contribution in [0.1, 0.15) is 56.3 Å². The molecule has 0 fully saturated rings. The van der Waals surface area contributed by atoms with Gasteiger partial charge in [0.25, 0.3) is 5.91 Å². The van der Waals surface area contributed by atoms with Crippen LogP contribution in [-0.2, 0) is 4.79 Å². The van der Waals surface area contributed by atoms with E-state index in [1.165, 1.54) is 0 Å². The molecule has 1 aromatic carbocycles. The number of carboxylic acid groups (broad SMARTS) is 1. The molecule has 8 heteroatoms. The minimum atomic E-state index is -0.787. The summed E-state index contributed by atoms with van der Waals surface area (Å²) >= 11 is 6.29. The van der Waals surface area contributed by atoms with Gasteiger partial charge in [0.2, 0.25) is 0 Å². The molecule has 2 N–H and O–H groups in total. The van der Waals surface area contributed by atoms with E-state index in [0.717, 1.165) is 24.9 Å². The molecule has 180 valence electrons. The molecule has 0 radical (unpaired) electrons. The second kappa shape index (κ2) is 14.4. The molecule has 0 aliphatic heterocycles. The van der Waals surface area contributed by atoms with Crippen LogP contribution in [0.5, 0.6) is 5.75 Å². The lowest BCUT2D eigenvalue weighted by Gasteiger charge is -2.26. The first-order chi connectivity index (χ1) is 15.9. The Morgan fingerprint density at radius 3 is 2.64 bits per heavy atom. The van der Waals surface area contributed by atoms with Crippen LogP contribution in [0, 0.1) is 5.92 Å². The van der Waals surface area contributed by atoms with E-state index < -0.39 is 5.97 Å². The van der Waals surface area contributed by atoms with E-state index in [4.69, 9.17) is 21.4 Å². The number of hydrogen-bond donors (Lipinski definition) is 2. The molecule has 1 heterocycles. The van der Waals surface area contributed by atoms with Crippen LogP contribution in [0.15, 0.2) is 42.7 Å². The maximum Gasteiger partial charge on any atom is 0.303 e. The molecule has 0 saturated heterocycles. The van der Waals surface area contributed by atoms with Crippen molar-refractivity contribution >= 4 is 29.2 Å². The summed E-state index contributed by atoms with van der Waals surface area (Å²) in [6.45, 7) is 6.46. The fourth-order valence-electron chi connectivity index (χ4n) is 3.32. The van der Waals surface area contributed by atoms with Crippen molar-refractivity contribution in [2.24, 2.45) is 5.92 Å². The number of aromatic nitrogens is 1. The Morgan fingerprint density at radius 2 is 1.94 bits per heavy atom. The number of nitrogens with one attached hydrogen (secondary N) is 1. The number of hydrogen-bond acceptors (Lipinski definition) is 5. The zero-order valence-corrected chi connectivity index (χ0v) is 20.2. The summed E-state index contributed by atoms with van der Waals surface area (Å²) in [4.78, 5) is 29.8. The molecule has 0 bridgehead atoms. The highest BCUT2D eigenvalue weighted by Gasteiger charge is 2.19. The van der Waals surface area contributed by atoms with Crippen molar-refractivity contribution < 1.29 is 19.4 Å². The largest absolute Gasteiger partial charge is 0.492 e. The third-order valence-corrected chi connectivity index (χ3v) is 5.55. The van der Waals surface area contributed by atoms with Crippen LogP contribution < -0.4 is 10.1 Å². The van der Waals surface area contributed by atoms with Crippen molar-refractivity contribution in [3.8, 4) is 5.75 Å². The number of pyridine rings is 1. The minimum Gasteiger partial charge on any atom is -0.492 e. The molecule has 0 spiro atoms. The van der Waals surface area contributed by atoms with Gasteiger partial charge in [-0.1, -0.05) is 38.3 Å². The summed E-state index contributed by atoms with van der Waals surface area (Å²) < 4.78 is 5.83. The third kappa shape index (κ3) is 10.1. The summed E-state index contributed by atoms with van der Waals surface area (Å²) in [5.74, 6) is 0.0372. The fourth-order valence-corrected chi connectivity index (χ4v) is 3.55. The van der Waals surface area contributed by atoms with Gasteiger partial charge < -0.3 is 20.1 Å². The fraction of sp³-hybridized carbons (Fsp3) is 0.480. The number of halogens is 1. The summed E-state index contributed by atoms with van der Waals surface area (Å²) in [6, 6.07) is 8.86. The van der Waals surface area contributed by atoms with Gasteiger partial charge in [0.15, 0.2) is 0 Å². The van der Waals surface area contributed by atoms with Gasteiger partial charge in [0.1, 0.15) is 12.4 Å². The molecule has 1 atom stereocenters. The van der Waals surface area contributed by atoms with E-state index in [2.05, 4.69) is 24.1 Å². The van der Waals surface area contributed by atoms with Crippen molar-refractivity contribution in [1.29, 1.82) is 0 Å². The standard InChI is InChI=1S/C25H34ClN3O4/c1-3-19(2)18-29(13-6-4-5-7-24(30)31)25(32)20-15-21(26)17-23(16-20)33-14-12-28-22-8-10-27-11-9-22/h8-11,15-17,19H,3-7,12-14,18H2,1-2H3,(H,27,28)(H,30,31). The van der Waals surface area contributed by atoms with Crippen LogP contribution in [0.4, 0.5) is 5.69 Å². The molecule has 0 saturated carbocycles. The van der Waals surface area contributed by atoms with E-state index in [1.54, 1.807) is 30.6 Å². The van der Waals surface area contributed by atoms with E-state index in [0.29, 0.717) is 54.9 Å².